The van der Waals surface area contributed by atoms with E-state index < -0.39 is 10.0 Å². The van der Waals surface area contributed by atoms with Crippen LogP contribution >= 0.6 is 0 Å². The summed E-state index contributed by atoms with van der Waals surface area (Å²) in [5.74, 6) is 0. The van der Waals surface area contributed by atoms with Gasteiger partial charge >= 0.3 is 0 Å². The maximum Gasteiger partial charge on any atom is 0.245 e. The number of piperidine rings is 1. The van der Waals surface area contributed by atoms with E-state index >= 15 is 0 Å². The van der Waals surface area contributed by atoms with Gasteiger partial charge < -0.3 is 10.6 Å². The number of nitrogens with zero attached hydrogens (tertiary/aromatic N) is 3. The highest BCUT2D eigenvalue weighted by Gasteiger charge is 2.32. The number of anilines is 1. The molecule has 0 aromatic heterocycles. The predicted octanol–water partition coefficient (Wildman–Crippen LogP) is 0.855. The molecule has 1 aliphatic heterocycles. The van der Waals surface area contributed by atoms with E-state index in [1.807, 2.05) is 25.1 Å². The molecule has 1 atom stereocenters. The fraction of sp³-hybridized carbons (Fsp3) is 0.500. The van der Waals surface area contributed by atoms with Crippen molar-refractivity contribution < 1.29 is 8.42 Å². The summed E-state index contributed by atoms with van der Waals surface area (Å²) >= 11 is 0. The second-order valence-electron chi connectivity index (χ2n) is 5.49. The van der Waals surface area contributed by atoms with Crippen LogP contribution in [0.2, 0.25) is 0 Å². The minimum absolute atomic E-state index is 0.0842. The molecule has 1 saturated heterocycles. The third kappa shape index (κ3) is 3.18. The van der Waals surface area contributed by atoms with Crippen LogP contribution < -0.4 is 5.73 Å². The SMILES string of the molecule is CN(C)C1CCCN(S(=O)(=O)c2ccc(C#N)cc2N)C1. The van der Waals surface area contributed by atoms with Crippen molar-refractivity contribution in [3.63, 3.8) is 0 Å². The highest BCUT2D eigenvalue weighted by molar-refractivity contribution is 7.89. The molecule has 1 aliphatic rings. The van der Waals surface area contributed by atoms with E-state index in [-0.39, 0.29) is 16.6 Å². The average Bonchev–Trinajstić information content (AvgIpc) is 2.46. The van der Waals surface area contributed by atoms with Gasteiger partial charge in [0.2, 0.25) is 10.0 Å². The molecular weight excluding hydrogens is 288 g/mol. The molecule has 114 valence electrons. The highest BCUT2D eigenvalue weighted by Crippen LogP contribution is 2.26. The van der Waals surface area contributed by atoms with Crippen LogP contribution in [0, 0.1) is 11.3 Å². The number of sulfonamides is 1. The molecule has 1 unspecified atom stereocenters. The molecule has 1 fully saturated rings. The van der Waals surface area contributed by atoms with E-state index in [9.17, 15) is 8.42 Å². The summed E-state index contributed by atoms with van der Waals surface area (Å²) in [6, 6.07) is 6.47. The lowest BCUT2D eigenvalue weighted by Crippen LogP contribution is -2.47. The van der Waals surface area contributed by atoms with Gasteiger partial charge in [-0.15, -0.1) is 0 Å². The van der Waals surface area contributed by atoms with Crippen LogP contribution in [-0.2, 0) is 10.0 Å². The normalized spacial score (nSPS) is 20.4. The van der Waals surface area contributed by atoms with Gasteiger partial charge in [-0.1, -0.05) is 0 Å². The molecule has 2 rings (SSSR count). The molecule has 0 bridgehead atoms. The van der Waals surface area contributed by atoms with Crippen molar-refractivity contribution in [1.29, 1.82) is 5.26 Å². The molecule has 1 aromatic rings. The van der Waals surface area contributed by atoms with Crippen LogP contribution in [-0.4, -0.2) is 50.8 Å². The Balaban J connectivity index is 2.32. The average molecular weight is 308 g/mol. The number of benzene rings is 1. The van der Waals surface area contributed by atoms with Gasteiger partial charge in [-0.3, -0.25) is 0 Å². The fourth-order valence-corrected chi connectivity index (χ4v) is 4.17. The Morgan fingerprint density at radius 2 is 2.14 bits per heavy atom. The first-order valence-electron chi connectivity index (χ1n) is 6.82. The first-order valence-corrected chi connectivity index (χ1v) is 8.26. The minimum atomic E-state index is -3.61. The van der Waals surface area contributed by atoms with Crippen molar-refractivity contribution >= 4 is 15.7 Å². The fourth-order valence-electron chi connectivity index (χ4n) is 2.55. The monoisotopic (exact) mass is 308 g/mol. The molecule has 0 radical (unpaired) electrons. The zero-order valence-corrected chi connectivity index (χ0v) is 13.1. The number of hydrogen-bond acceptors (Lipinski definition) is 5. The number of likely N-dealkylation sites (N-methyl/N-ethyl adjacent to an activating group) is 1. The summed E-state index contributed by atoms with van der Waals surface area (Å²) in [6.07, 6.45) is 1.82. The molecule has 2 N–H and O–H groups in total. The van der Waals surface area contributed by atoms with E-state index in [1.165, 1.54) is 22.5 Å². The van der Waals surface area contributed by atoms with Crippen LogP contribution in [0.25, 0.3) is 0 Å². The second-order valence-corrected chi connectivity index (χ2v) is 7.39. The number of nitrogens with two attached hydrogens (primary N) is 1. The number of rotatable bonds is 3. The maximum atomic E-state index is 12.7. The summed E-state index contributed by atoms with van der Waals surface area (Å²) < 4.78 is 26.9. The van der Waals surface area contributed by atoms with Crippen LogP contribution in [0.4, 0.5) is 5.69 Å². The third-order valence-electron chi connectivity index (χ3n) is 3.85. The van der Waals surface area contributed by atoms with E-state index in [2.05, 4.69) is 0 Å². The standard InChI is InChI=1S/C14H20N4O2S/c1-17(2)12-4-3-7-18(10-12)21(19,20)14-6-5-11(9-15)8-13(14)16/h5-6,8,12H,3-4,7,10,16H2,1-2H3. The lowest BCUT2D eigenvalue weighted by Gasteiger charge is -2.35. The summed E-state index contributed by atoms with van der Waals surface area (Å²) in [4.78, 5) is 2.13. The Labute approximate surface area is 125 Å². The smallest absolute Gasteiger partial charge is 0.245 e. The van der Waals surface area contributed by atoms with Crippen molar-refractivity contribution in [3.8, 4) is 6.07 Å². The molecule has 21 heavy (non-hydrogen) atoms. The summed E-state index contributed by atoms with van der Waals surface area (Å²) in [7, 11) is 0.299. The van der Waals surface area contributed by atoms with Gasteiger partial charge in [-0.25, -0.2) is 8.42 Å². The summed E-state index contributed by atoms with van der Waals surface area (Å²) in [5, 5.41) is 8.83. The first kappa shape index (κ1) is 15.8. The molecule has 7 heteroatoms. The lowest BCUT2D eigenvalue weighted by atomic mass is 10.1. The quantitative estimate of drug-likeness (QED) is 0.836. The van der Waals surface area contributed by atoms with Crippen LogP contribution in [0.3, 0.4) is 0 Å². The van der Waals surface area contributed by atoms with Crippen molar-refractivity contribution in [2.75, 3.05) is 32.9 Å². The molecule has 0 amide bonds. The molecule has 0 aliphatic carbocycles. The number of nitriles is 1. The Morgan fingerprint density at radius 1 is 1.43 bits per heavy atom. The Hall–Kier alpha value is -1.62. The maximum absolute atomic E-state index is 12.7. The Morgan fingerprint density at radius 3 is 2.71 bits per heavy atom. The zero-order valence-electron chi connectivity index (χ0n) is 12.3. The molecule has 6 nitrogen and oxygen atoms in total. The molecule has 0 saturated carbocycles. The van der Waals surface area contributed by atoms with Gasteiger partial charge in [0.05, 0.1) is 17.3 Å². The van der Waals surface area contributed by atoms with Crippen LogP contribution in [0.15, 0.2) is 23.1 Å². The minimum Gasteiger partial charge on any atom is -0.398 e. The van der Waals surface area contributed by atoms with Crippen molar-refractivity contribution in [2.24, 2.45) is 0 Å². The third-order valence-corrected chi connectivity index (χ3v) is 5.79. The van der Waals surface area contributed by atoms with Gasteiger partial charge in [-0.2, -0.15) is 9.57 Å². The van der Waals surface area contributed by atoms with E-state index in [0.717, 1.165) is 12.8 Å². The van der Waals surface area contributed by atoms with Gasteiger partial charge in [0.15, 0.2) is 0 Å². The predicted molar refractivity (Wildman–Crippen MR) is 81.0 cm³/mol. The van der Waals surface area contributed by atoms with E-state index in [4.69, 9.17) is 11.0 Å². The van der Waals surface area contributed by atoms with Gasteiger partial charge in [0, 0.05) is 19.1 Å². The molecule has 1 heterocycles. The van der Waals surface area contributed by atoms with Crippen molar-refractivity contribution in [1.82, 2.24) is 9.21 Å². The highest BCUT2D eigenvalue weighted by atomic mass is 32.2. The Kier molecular flexibility index (Phi) is 4.52. The summed E-state index contributed by atoms with van der Waals surface area (Å²) in [6.45, 7) is 0.973. The molecule has 1 aromatic carbocycles. The largest absolute Gasteiger partial charge is 0.398 e. The number of nitrogen functional groups attached to an aromatic ring is 1. The van der Waals surface area contributed by atoms with Gasteiger partial charge in [0.25, 0.3) is 0 Å². The second kappa shape index (κ2) is 6.02. The number of hydrogen-bond donors (Lipinski definition) is 1. The van der Waals surface area contributed by atoms with E-state index in [1.54, 1.807) is 0 Å². The zero-order chi connectivity index (χ0) is 15.6. The van der Waals surface area contributed by atoms with Gasteiger partial charge in [-0.05, 0) is 45.1 Å². The van der Waals surface area contributed by atoms with E-state index in [0.29, 0.717) is 18.7 Å². The Bertz CT molecular complexity index is 664. The van der Waals surface area contributed by atoms with Gasteiger partial charge in [0.1, 0.15) is 4.90 Å². The summed E-state index contributed by atoms with van der Waals surface area (Å²) in [5.41, 5.74) is 6.30. The molecule has 0 spiro atoms. The first-order chi connectivity index (χ1) is 9.86. The lowest BCUT2D eigenvalue weighted by molar-refractivity contribution is 0.190. The topological polar surface area (TPSA) is 90.4 Å². The molecular formula is C14H20N4O2S. The van der Waals surface area contributed by atoms with Crippen LogP contribution in [0.5, 0.6) is 0 Å². The van der Waals surface area contributed by atoms with Crippen LogP contribution in [0.1, 0.15) is 18.4 Å². The van der Waals surface area contributed by atoms with Crippen molar-refractivity contribution in [3.05, 3.63) is 23.8 Å². The van der Waals surface area contributed by atoms with Crippen molar-refractivity contribution in [2.45, 2.75) is 23.8 Å².